The Morgan fingerprint density at radius 2 is 1.88 bits per heavy atom. The lowest BCUT2D eigenvalue weighted by molar-refractivity contribution is -0.128. The molecule has 2 aliphatic rings. The van der Waals surface area contributed by atoms with E-state index in [1.165, 1.54) is 0 Å². The molecular formula is C12H23N3O2. The van der Waals surface area contributed by atoms with Crippen LogP contribution in [0.1, 0.15) is 20.3 Å². The normalized spacial score (nSPS) is 35.6. The van der Waals surface area contributed by atoms with E-state index in [9.17, 15) is 4.79 Å². The average molecular weight is 241 g/mol. The molecule has 5 nitrogen and oxygen atoms in total. The number of rotatable bonds is 3. The van der Waals surface area contributed by atoms with Crippen molar-refractivity contribution in [3.8, 4) is 0 Å². The number of nitrogens with two attached hydrogens (primary N) is 1. The van der Waals surface area contributed by atoms with Crippen LogP contribution in [-0.4, -0.2) is 66.7 Å². The molecule has 2 aliphatic heterocycles. The first kappa shape index (κ1) is 12.8. The van der Waals surface area contributed by atoms with Gasteiger partial charge in [-0.2, -0.15) is 0 Å². The lowest BCUT2D eigenvalue weighted by atomic mass is 10.2. The van der Waals surface area contributed by atoms with Crippen LogP contribution in [0.25, 0.3) is 0 Å². The summed E-state index contributed by atoms with van der Waals surface area (Å²) < 4.78 is 5.68. The van der Waals surface area contributed by atoms with Gasteiger partial charge in [0, 0.05) is 45.2 Å². The number of ether oxygens (including phenoxy) is 1. The highest BCUT2D eigenvalue weighted by Gasteiger charge is 2.28. The van der Waals surface area contributed by atoms with Gasteiger partial charge >= 0.3 is 0 Å². The van der Waals surface area contributed by atoms with E-state index in [0.29, 0.717) is 13.0 Å². The van der Waals surface area contributed by atoms with Crippen molar-refractivity contribution in [2.75, 3.05) is 32.7 Å². The summed E-state index contributed by atoms with van der Waals surface area (Å²) in [6.45, 7) is 8.55. The largest absolute Gasteiger partial charge is 0.373 e. The molecule has 3 atom stereocenters. The van der Waals surface area contributed by atoms with Gasteiger partial charge in [0.1, 0.15) is 0 Å². The van der Waals surface area contributed by atoms with E-state index in [1.807, 2.05) is 4.90 Å². The highest BCUT2D eigenvalue weighted by Crippen LogP contribution is 2.12. The molecule has 0 aliphatic carbocycles. The number of hydrogen-bond acceptors (Lipinski definition) is 4. The number of nitrogens with zero attached hydrogens (tertiary/aromatic N) is 2. The maximum Gasteiger partial charge on any atom is 0.224 e. The maximum absolute atomic E-state index is 11.6. The van der Waals surface area contributed by atoms with Crippen molar-refractivity contribution in [1.29, 1.82) is 0 Å². The van der Waals surface area contributed by atoms with Crippen molar-refractivity contribution in [3.05, 3.63) is 0 Å². The first-order chi connectivity index (χ1) is 8.04. The standard InChI is InChI=1S/C12H23N3O2/c1-9-6-14(7-10(2)17-9)3-4-15-8-11(13)5-12(15)16/h9-11H,3-8,13H2,1-2H3/t9-,10+,11?. The number of carbonyl (C=O) groups is 1. The highest BCUT2D eigenvalue weighted by molar-refractivity contribution is 5.79. The fraction of sp³-hybridized carbons (Fsp3) is 0.917. The molecule has 1 amide bonds. The second-order valence-electron chi connectivity index (χ2n) is 5.32. The molecule has 2 fully saturated rings. The van der Waals surface area contributed by atoms with Crippen molar-refractivity contribution < 1.29 is 9.53 Å². The fourth-order valence-corrected chi connectivity index (χ4v) is 2.75. The van der Waals surface area contributed by atoms with Gasteiger partial charge in [0.25, 0.3) is 0 Å². The van der Waals surface area contributed by atoms with Gasteiger partial charge in [-0.3, -0.25) is 9.69 Å². The predicted molar refractivity (Wildman–Crippen MR) is 65.6 cm³/mol. The monoisotopic (exact) mass is 241 g/mol. The lowest BCUT2D eigenvalue weighted by Gasteiger charge is -2.36. The molecule has 0 aromatic rings. The van der Waals surface area contributed by atoms with E-state index < -0.39 is 0 Å². The molecule has 0 aromatic carbocycles. The summed E-state index contributed by atoms with van der Waals surface area (Å²) in [4.78, 5) is 15.8. The Kier molecular flexibility index (Phi) is 4.01. The van der Waals surface area contributed by atoms with Gasteiger partial charge < -0.3 is 15.4 Å². The Balaban J connectivity index is 1.76. The molecule has 2 N–H and O–H groups in total. The van der Waals surface area contributed by atoms with Gasteiger partial charge in [-0.25, -0.2) is 0 Å². The molecule has 0 saturated carbocycles. The number of amides is 1. The number of carbonyl (C=O) groups excluding carboxylic acids is 1. The van der Waals surface area contributed by atoms with Crippen LogP contribution in [-0.2, 0) is 9.53 Å². The van der Waals surface area contributed by atoms with Crippen molar-refractivity contribution in [2.24, 2.45) is 5.73 Å². The molecule has 5 heteroatoms. The molecule has 0 radical (unpaired) electrons. The van der Waals surface area contributed by atoms with Crippen LogP contribution in [0.15, 0.2) is 0 Å². The second-order valence-corrected chi connectivity index (χ2v) is 5.32. The minimum absolute atomic E-state index is 0.0324. The van der Waals surface area contributed by atoms with Crippen LogP contribution >= 0.6 is 0 Å². The Morgan fingerprint density at radius 1 is 1.24 bits per heavy atom. The van der Waals surface area contributed by atoms with Gasteiger partial charge in [-0.1, -0.05) is 0 Å². The van der Waals surface area contributed by atoms with E-state index in [4.69, 9.17) is 10.5 Å². The van der Waals surface area contributed by atoms with Crippen molar-refractivity contribution >= 4 is 5.91 Å². The molecule has 0 spiro atoms. The van der Waals surface area contributed by atoms with Crippen LogP contribution in [0.5, 0.6) is 0 Å². The Morgan fingerprint density at radius 3 is 2.41 bits per heavy atom. The summed E-state index contributed by atoms with van der Waals surface area (Å²) in [5.41, 5.74) is 5.77. The van der Waals surface area contributed by atoms with Gasteiger partial charge in [0.15, 0.2) is 0 Å². The maximum atomic E-state index is 11.6. The van der Waals surface area contributed by atoms with Crippen molar-refractivity contribution in [3.63, 3.8) is 0 Å². The number of likely N-dealkylation sites (tertiary alicyclic amines) is 1. The zero-order chi connectivity index (χ0) is 12.4. The highest BCUT2D eigenvalue weighted by atomic mass is 16.5. The third-order valence-corrected chi connectivity index (χ3v) is 3.43. The zero-order valence-electron chi connectivity index (χ0n) is 10.8. The Labute approximate surface area is 103 Å². The molecule has 17 heavy (non-hydrogen) atoms. The van der Waals surface area contributed by atoms with E-state index in [2.05, 4.69) is 18.7 Å². The number of hydrogen-bond donors (Lipinski definition) is 1. The Bertz CT molecular complexity index is 275. The predicted octanol–water partition coefficient (Wildman–Crippen LogP) is -0.345. The average Bonchev–Trinajstić information content (AvgIpc) is 2.53. The van der Waals surface area contributed by atoms with Gasteiger partial charge in [0.2, 0.25) is 5.91 Å². The molecule has 0 aromatic heterocycles. The van der Waals surface area contributed by atoms with Crippen molar-refractivity contribution in [1.82, 2.24) is 9.80 Å². The minimum Gasteiger partial charge on any atom is -0.373 e. The molecule has 2 rings (SSSR count). The molecule has 2 saturated heterocycles. The van der Waals surface area contributed by atoms with Crippen LogP contribution in [0.3, 0.4) is 0 Å². The van der Waals surface area contributed by atoms with E-state index in [-0.39, 0.29) is 24.2 Å². The van der Waals surface area contributed by atoms with Crippen molar-refractivity contribution in [2.45, 2.75) is 38.5 Å². The molecule has 0 bridgehead atoms. The fourth-order valence-electron chi connectivity index (χ4n) is 2.75. The van der Waals surface area contributed by atoms with E-state index >= 15 is 0 Å². The summed E-state index contributed by atoms with van der Waals surface area (Å²) in [6, 6.07) is 0.0324. The molecule has 2 heterocycles. The smallest absolute Gasteiger partial charge is 0.224 e. The van der Waals surface area contributed by atoms with E-state index in [1.54, 1.807) is 0 Å². The third-order valence-electron chi connectivity index (χ3n) is 3.43. The zero-order valence-corrected chi connectivity index (χ0v) is 10.8. The lowest BCUT2D eigenvalue weighted by Crippen LogP contribution is -2.48. The quantitative estimate of drug-likeness (QED) is 0.734. The summed E-state index contributed by atoms with van der Waals surface area (Å²) in [5.74, 6) is 0.201. The van der Waals surface area contributed by atoms with Crippen LogP contribution in [0.4, 0.5) is 0 Å². The Hall–Kier alpha value is -0.650. The van der Waals surface area contributed by atoms with Crippen LogP contribution in [0.2, 0.25) is 0 Å². The summed E-state index contributed by atoms with van der Waals surface area (Å²) in [6.07, 6.45) is 1.08. The van der Waals surface area contributed by atoms with Gasteiger partial charge in [-0.05, 0) is 13.8 Å². The summed E-state index contributed by atoms with van der Waals surface area (Å²) in [5, 5.41) is 0. The number of morpholine rings is 1. The second kappa shape index (κ2) is 5.33. The molecule has 98 valence electrons. The van der Waals surface area contributed by atoms with Gasteiger partial charge in [-0.15, -0.1) is 0 Å². The SMILES string of the molecule is C[C@@H]1CN(CCN2CC(N)CC2=O)C[C@H](C)O1. The van der Waals surface area contributed by atoms with Crippen LogP contribution in [0, 0.1) is 0 Å². The van der Waals surface area contributed by atoms with Gasteiger partial charge in [0.05, 0.1) is 12.2 Å². The minimum atomic E-state index is 0.0324. The topological polar surface area (TPSA) is 58.8 Å². The van der Waals surface area contributed by atoms with Crippen LogP contribution < -0.4 is 5.73 Å². The first-order valence-corrected chi connectivity index (χ1v) is 6.45. The summed E-state index contributed by atoms with van der Waals surface area (Å²) >= 11 is 0. The summed E-state index contributed by atoms with van der Waals surface area (Å²) in [7, 11) is 0. The molecule has 1 unspecified atom stereocenters. The van der Waals surface area contributed by atoms with E-state index in [0.717, 1.165) is 26.2 Å². The third kappa shape index (κ3) is 3.40. The first-order valence-electron chi connectivity index (χ1n) is 6.45. The molecular weight excluding hydrogens is 218 g/mol.